The van der Waals surface area contributed by atoms with Crippen molar-refractivity contribution in [3.05, 3.63) is 96.2 Å². The third-order valence-electron chi connectivity index (χ3n) is 7.11. The first-order chi connectivity index (χ1) is 19.9. The minimum Gasteiger partial charge on any atom is -0.461 e. The number of rotatable bonds is 14. The van der Waals surface area contributed by atoms with Gasteiger partial charge in [-0.3, -0.25) is 4.72 Å². The quantitative estimate of drug-likeness (QED) is 0.183. The number of fused-ring (bicyclic) bond motifs is 1. The SMILES string of the molecule is CN(C)CCOC(=O)c1ccc2c(ccn2CCC(C)(C)NC[C@H](O)c2cccc(NS(=O)(=O)c3ccccc3)c2)c1. The van der Waals surface area contributed by atoms with E-state index in [1.54, 1.807) is 48.5 Å². The molecular formula is C32H40N4O5S. The Labute approximate surface area is 248 Å². The van der Waals surface area contributed by atoms with Crippen molar-refractivity contribution in [3.8, 4) is 0 Å². The Morgan fingerprint density at radius 3 is 2.52 bits per heavy atom. The highest BCUT2D eigenvalue weighted by atomic mass is 32.2. The number of aliphatic hydroxyl groups is 1. The minimum absolute atomic E-state index is 0.174. The normalized spacial score (nSPS) is 12.9. The van der Waals surface area contributed by atoms with Crippen molar-refractivity contribution in [1.82, 2.24) is 14.8 Å². The predicted molar refractivity (Wildman–Crippen MR) is 166 cm³/mol. The second kappa shape index (κ2) is 13.5. The lowest BCUT2D eigenvalue weighted by Gasteiger charge is -2.28. The molecule has 3 aromatic carbocycles. The molecule has 9 nitrogen and oxygen atoms in total. The third kappa shape index (κ3) is 8.42. The largest absolute Gasteiger partial charge is 0.461 e. The number of hydrogen-bond acceptors (Lipinski definition) is 7. The molecule has 1 atom stereocenters. The van der Waals surface area contributed by atoms with E-state index in [0.717, 1.165) is 23.9 Å². The molecule has 1 aromatic heterocycles. The summed E-state index contributed by atoms with van der Waals surface area (Å²) in [5, 5.41) is 15.3. The molecule has 4 rings (SSSR count). The summed E-state index contributed by atoms with van der Waals surface area (Å²) in [6.07, 6.45) is 1.97. The zero-order valence-electron chi connectivity index (χ0n) is 24.6. The van der Waals surface area contributed by atoms with E-state index in [1.165, 1.54) is 12.1 Å². The Morgan fingerprint density at radius 2 is 1.79 bits per heavy atom. The van der Waals surface area contributed by atoms with Crippen LogP contribution in [0.5, 0.6) is 0 Å². The molecule has 4 aromatic rings. The molecule has 0 saturated heterocycles. The van der Waals surface area contributed by atoms with E-state index in [4.69, 9.17) is 4.74 Å². The van der Waals surface area contributed by atoms with Crippen LogP contribution in [0.1, 0.15) is 42.3 Å². The summed E-state index contributed by atoms with van der Waals surface area (Å²) in [5.41, 5.74) is 2.27. The Balaban J connectivity index is 1.31. The number of aliphatic hydroxyl groups excluding tert-OH is 1. The highest BCUT2D eigenvalue weighted by molar-refractivity contribution is 7.92. The topological polar surface area (TPSA) is 113 Å². The van der Waals surface area contributed by atoms with E-state index in [0.29, 0.717) is 36.5 Å². The van der Waals surface area contributed by atoms with Gasteiger partial charge in [0.25, 0.3) is 10.0 Å². The molecule has 3 N–H and O–H groups in total. The van der Waals surface area contributed by atoms with Crippen molar-refractivity contribution >= 4 is 32.6 Å². The van der Waals surface area contributed by atoms with Crippen LogP contribution in [0.15, 0.2) is 90.0 Å². The molecule has 0 radical (unpaired) electrons. The molecule has 0 saturated carbocycles. The van der Waals surface area contributed by atoms with Gasteiger partial charge in [-0.1, -0.05) is 30.3 Å². The van der Waals surface area contributed by atoms with Gasteiger partial charge in [0.2, 0.25) is 0 Å². The van der Waals surface area contributed by atoms with Crippen LogP contribution in [0.4, 0.5) is 5.69 Å². The minimum atomic E-state index is -3.72. The molecule has 0 aliphatic rings. The van der Waals surface area contributed by atoms with E-state index in [2.05, 4.69) is 28.5 Å². The number of sulfonamides is 1. The zero-order valence-corrected chi connectivity index (χ0v) is 25.4. The number of carbonyl (C=O) groups is 1. The second-order valence-electron chi connectivity index (χ2n) is 11.3. The van der Waals surface area contributed by atoms with Crippen LogP contribution in [0, 0.1) is 0 Å². The van der Waals surface area contributed by atoms with Gasteiger partial charge in [-0.15, -0.1) is 0 Å². The summed E-state index contributed by atoms with van der Waals surface area (Å²) in [5.74, 6) is -0.325. The van der Waals surface area contributed by atoms with Crippen LogP contribution in [-0.4, -0.2) is 68.3 Å². The van der Waals surface area contributed by atoms with E-state index in [1.807, 2.05) is 43.4 Å². The lowest BCUT2D eigenvalue weighted by atomic mass is 9.99. The zero-order chi connectivity index (χ0) is 30.3. The maximum atomic E-state index is 12.7. The Morgan fingerprint density at radius 1 is 1.02 bits per heavy atom. The van der Waals surface area contributed by atoms with Crippen molar-refractivity contribution in [2.45, 2.75) is 43.4 Å². The number of benzene rings is 3. The summed E-state index contributed by atoms with van der Waals surface area (Å²) in [6, 6.07) is 22.6. The third-order valence-corrected chi connectivity index (χ3v) is 8.50. The number of likely N-dealkylation sites (N-methyl/N-ethyl adjacent to an activating group) is 1. The summed E-state index contributed by atoms with van der Waals surface area (Å²) < 4.78 is 35.5. The molecule has 1 heterocycles. The van der Waals surface area contributed by atoms with E-state index >= 15 is 0 Å². The van der Waals surface area contributed by atoms with Crippen LogP contribution in [0.3, 0.4) is 0 Å². The predicted octanol–water partition coefficient (Wildman–Crippen LogP) is 4.65. The lowest BCUT2D eigenvalue weighted by Crippen LogP contribution is -2.42. The van der Waals surface area contributed by atoms with Gasteiger partial charge in [0.15, 0.2) is 0 Å². The fourth-order valence-electron chi connectivity index (χ4n) is 4.53. The molecule has 42 heavy (non-hydrogen) atoms. The second-order valence-corrected chi connectivity index (χ2v) is 13.0. The number of nitrogens with one attached hydrogen (secondary N) is 2. The summed E-state index contributed by atoms with van der Waals surface area (Å²) in [6.45, 7) is 6.22. The van der Waals surface area contributed by atoms with Crippen LogP contribution >= 0.6 is 0 Å². The number of aryl methyl sites for hydroxylation is 1. The van der Waals surface area contributed by atoms with Gasteiger partial charge in [-0.25, -0.2) is 13.2 Å². The number of ether oxygens (including phenoxy) is 1. The number of anilines is 1. The monoisotopic (exact) mass is 592 g/mol. The molecule has 0 aliphatic heterocycles. The van der Waals surface area contributed by atoms with E-state index < -0.39 is 16.1 Å². The van der Waals surface area contributed by atoms with Crippen LogP contribution in [0.25, 0.3) is 10.9 Å². The highest BCUT2D eigenvalue weighted by Crippen LogP contribution is 2.23. The first kappa shape index (κ1) is 31.2. The van der Waals surface area contributed by atoms with Gasteiger partial charge in [0.05, 0.1) is 16.6 Å². The van der Waals surface area contributed by atoms with Gasteiger partial charge in [0.1, 0.15) is 6.61 Å². The number of carbonyl (C=O) groups excluding carboxylic acids is 1. The van der Waals surface area contributed by atoms with Crippen LogP contribution in [0.2, 0.25) is 0 Å². The lowest BCUT2D eigenvalue weighted by molar-refractivity contribution is 0.0482. The smallest absolute Gasteiger partial charge is 0.338 e. The number of hydrogen-bond donors (Lipinski definition) is 3. The maximum absolute atomic E-state index is 12.7. The van der Waals surface area contributed by atoms with Gasteiger partial charge < -0.3 is 24.6 Å². The molecule has 10 heteroatoms. The van der Waals surface area contributed by atoms with Crippen LogP contribution < -0.4 is 10.0 Å². The number of β-amino-alcohol motifs (C(OH)–C–C–N with tert-alkyl or cyclic N) is 1. The highest BCUT2D eigenvalue weighted by Gasteiger charge is 2.21. The van der Waals surface area contributed by atoms with Gasteiger partial charge in [-0.2, -0.15) is 0 Å². The van der Waals surface area contributed by atoms with Crippen molar-refractivity contribution in [1.29, 1.82) is 0 Å². The first-order valence-corrected chi connectivity index (χ1v) is 15.4. The van der Waals surface area contributed by atoms with Crippen molar-refractivity contribution in [2.24, 2.45) is 0 Å². The number of aromatic nitrogens is 1. The standard InChI is InChI=1S/C32H40N4O5S/c1-32(2,16-18-36-17-15-24-21-26(13-14-29(24)36)31(38)41-20-19-35(3)4)33-23-30(37)25-9-8-10-27(22-25)34-42(39,40)28-11-6-5-7-12-28/h5-15,17,21-22,30,33-34,37H,16,18-20,23H2,1-4H3/t30-/m0/s1. The van der Waals surface area contributed by atoms with Crippen LogP contribution in [-0.2, 0) is 21.3 Å². The summed E-state index contributed by atoms with van der Waals surface area (Å²) in [4.78, 5) is 14.5. The average molecular weight is 593 g/mol. The molecular weight excluding hydrogens is 552 g/mol. The summed E-state index contributed by atoms with van der Waals surface area (Å²) >= 11 is 0. The molecule has 0 unspecified atom stereocenters. The first-order valence-electron chi connectivity index (χ1n) is 14.0. The van der Waals surface area contributed by atoms with Gasteiger partial charge >= 0.3 is 5.97 Å². The molecule has 0 aliphatic carbocycles. The Bertz CT molecular complexity index is 1600. The maximum Gasteiger partial charge on any atom is 0.338 e. The van der Waals surface area contributed by atoms with Crippen molar-refractivity contribution in [2.75, 3.05) is 38.5 Å². The van der Waals surface area contributed by atoms with Gasteiger partial charge in [-0.05, 0) is 88.5 Å². The summed E-state index contributed by atoms with van der Waals surface area (Å²) in [7, 11) is 0.142. The van der Waals surface area contributed by atoms with Crippen molar-refractivity contribution in [3.63, 3.8) is 0 Å². The molecule has 0 bridgehead atoms. The average Bonchev–Trinajstić information content (AvgIpc) is 3.37. The fourth-order valence-corrected chi connectivity index (χ4v) is 5.60. The number of esters is 1. The molecule has 0 fully saturated rings. The Hall–Kier alpha value is -3.70. The number of nitrogens with zero attached hydrogens (tertiary/aromatic N) is 2. The van der Waals surface area contributed by atoms with Gasteiger partial charge in [0, 0.05) is 48.0 Å². The van der Waals surface area contributed by atoms with Crippen molar-refractivity contribution < 1.29 is 23.1 Å². The molecule has 0 amide bonds. The fraction of sp³-hybridized carbons (Fsp3) is 0.344. The Kier molecular flexibility index (Phi) is 10.1. The van der Waals surface area contributed by atoms with E-state index in [-0.39, 0.29) is 16.4 Å². The molecule has 0 spiro atoms. The van der Waals surface area contributed by atoms with E-state index in [9.17, 15) is 18.3 Å². The molecule has 224 valence electrons.